The summed E-state index contributed by atoms with van der Waals surface area (Å²) < 4.78 is 7.02. The van der Waals surface area contributed by atoms with E-state index in [-0.39, 0.29) is 30.0 Å². The van der Waals surface area contributed by atoms with E-state index in [4.69, 9.17) is 4.74 Å². The lowest BCUT2D eigenvalue weighted by Gasteiger charge is -2.15. The van der Waals surface area contributed by atoms with Gasteiger partial charge in [-0.05, 0) is 47.5 Å². The highest BCUT2D eigenvalue weighted by Gasteiger charge is 2.20. The van der Waals surface area contributed by atoms with Gasteiger partial charge in [0.1, 0.15) is 5.75 Å². The van der Waals surface area contributed by atoms with E-state index < -0.39 is 0 Å². The highest BCUT2D eigenvalue weighted by molar-refractivity contribution is 7.99. The Morgan fingerprint density at radius 2 is 1.81 bits per heavy atom. The Kier molecular flexibility index (Phi) is 8.58. The predicted molar refractivity (Wildman–Crippen MR) is 147 cm³/mol. The van der Waals surface area contributed by atoms with Gasteiger partial charge in [0, 0.05) is 12.2 Å². The number of rotatable bonds is 11. The summed E-state index contributed by atoms with van der Waals surface area (Å²) in [5.41, 5.74) is 1.62. The lowest BCUT2D eigenvalue weighted by molar-refractivity contribution is -0.121. The van der Waals surface area contributed by atoms with Crippen LogP contribution in [-0.4, -0.2) is 39.4 Å². The third-order valence-electron chi connectivity index (χ3n) is 5.71. The number of hydrogen-bond acceptors (Lipinski definition) is 6. The molecular weight excluding hydrogens is 486 g/mol. The third kappa shape index (κ3) is 6.77. The zero-order valence-corrected chi connectivity index (χ0v) is 21.6. The number of allylic oxidation sites excluding steroid dienone is 1. The minimum atomic E-state index is -0.376. The molecule has 0 saturated heterocycles. The van der Waals surface area contributed by atoms with Crippen molar-refractivity contribution in [3.8, 4) is 5.75 Å². The first kappa shape index (κ1) is 26.0. The normalized spacial score (nSPS) is 11.6. The number of hydrogen-bond donors (Lipinski definition) is 2. The molecule has 3 aromatic carbocycles. The topological polar surface area (TPSA) is 98.1 Å². The smallest absolute Gasteiger partial charge is 0.234 e. The van der Waals surface area contributed by atoms with Gasteiger partial charge >= 0.3 is 0 Å². The number of benzene rings is 3. The Bertz CT molecular complexity index is 1400. The Morgan fingerprint density at radius 3 is 2.54 bits per heavy atom. The largest absolute Gasteiger partial charge is 0.497 e. The molecular formula is C28H29N5O3S. The molecule has 0 aliphatic carbocycles. The molecule has 9 heteroatoms. The molecule has 1 aromatic heterocycles. The van der Waals surface area contributed by atoms with Crippen molar-refractivity contribution in [2.24, 2.45) is 0 Å². The molecule has 1 heterocycles. The Balaban J connectivity index is 1.36. The van der Waals surface area contributed by atoms with Gasteiger partial charge in [-0.2, -0.15) is 0 Å². The van der Waals surface area contributed by atoms with Crippen molar-refractivity contribution in [1.29, 1.82) is 0 Å². The van der Waals surface area contributed by atoms with E-state index in [0.29, 0.717) is 17.5 Å². The molecule has 0 unspecified atom stereocenters. The molecule has 2 amide bonds. The second kappa shape index (κ2) is 12.2. The van der Waals surface area contributed by atoms with Crippen molar-refractivity contribution in [2.45, 2.75) is 31.1 Å². The summed E-state index contributed by atoms with van der Waals surface area (Å²) in [5.74, 6) is 1.23. The molecule has 190 valence electrons. The molecule has 4 aromatic rings. The standard InChI is InChI=1S/C28H29N5O3S/c1-4-15-33-27(19(2)29-25(34)16-20-9-13-24(36-3)14-10-20)31-32-28(33)37-18-26(35)30-23-12-11-21-7-5-6-8-22(21)17-23/h4-14,17,19H,1,15-16,18H2,2-3H3,(H,29,34)(H,30,35)/t19-/m0/s1. The quantitative estimate of drug-likeness (QED) is 0.220. The molecule has 0 aliphatic rings. The summed E-state index contributed by atoms with van der Waals surface area (Å²) in [6.07, 6.45) is 1.97. The summed E-state index contributed by atoms with van der Waals surface area (Å²) in [4.78, 5) is 25.2. The van der Waals surface area contributed by atoms with E-state index in [0.717, 1.165) is 27.8 Å². The second-order valence-corrected chi connectivity index (χ2v) is 9.40. The highest BCUT2D eigenvalue weighted by Crippen LogP contribution is 2.23. The maximum absolute atomic E-state index is 12.6. The summed E-state index contributed by atoms with van der Waals surface area (Å²) in [5, 5.41) is 17.2. The maximum Gasteiger partial charge on any atom is 0.234 e. The molecule has 0 spiro atoms. The van der Waals surface area contributed by atoms with Crippen molar-refractivity contribution in [3.63, 3.8) is 0 Å². The molecule has 0 aliphatic heterocycles. The number of methoxy groups -OCH3 is 1. The summed E-state index contributed by atoms with van der Waals surface area (Å²) in [7, 11) is 1.60. The fraction of sp³-hybridized carbons (Fsp3) is 0.214. The number of ether oxygens (including phenoxy) is 1. The predicted octanol–water partition coefficient (Wildman–Crippen LogP) is 4.78. The van der Waals surface area contributed by atoms with Crippen molar-refractivity contribution < 1.29 is 14.3 Å². The van der Waals surface area contributed by atoms with Crippen LogP contribution in [0.15, 0.2) is 84.5 Å². The third-order valence-corrected chi connectivity index (χ3v) is 6.68. The van der Waals surface area contributed by atoms with Gasteiger partial charge in [-0.1, -0.05) is 60.3 Å². The second-order valence-electron chi connectivity index (χ2n) is 8.45. The van der Waals surface area contributed by atoms with Gasteiger partial charge in [-0.3, -0.25) is 9.59 Å². The lowest BCUT2D eigenvalue weighted by atomic mass is 10.1. The van der Waals surface area contributed by atoms with Gasteiger partial charge in [0.05, 0.1) is 25.3 Å². The minimum absolute atomic E-state index is 0.130. The average Bonchev–Trinajstić information content (AvgIpc) is 3.30. The zero-order valence-electron chi connectivity index (χ0n) is 20.8. The number of amides is 2. The lowest BCUT2D eigenvalue weighted by Crippen LogP contribution is -2.30. The van der Waals surface area contributed by atoms with E-state index in [2.05, 4.69) is 27.4 Å². The van der Waals surface area contributed by atoms with Gasteiger partial charge in [-0.15, -0.1) is 16.8 Å². The van der Waals surface area contributed by atoms with Gasteiger partial charge < -0.3 is 19.9 Å². The number of aromatic nitrogens is 3. The minimum Gasteiger partial charge on any atom is -0.497 e. The molecule has 1 atom stereocenters. The fourth-order valence-corrected chi connectivity index (χ4v) is 4.66. The fourth-order valence-electron chi connectivity index (χ4n) is 3.91. The van der Waals surface area contributed by atoms with E-state index >= 15 is 0 Å². The van der Waals surface area contributed by atoms with Crippen LogP contribution >= 0.6 is 11.8 Å². The Labute approximate surface area is 220 Å². The average molecular weight is 516 g/mol. The SMILES string of the molecule is C=CCn1c(SCC(=O)Nc2ccc3ccccc3c2)nnc1[C@H](C)NC(=O)Cc1ccc(OC)cc1. The van der Waals surface area contributed by atoms with E-state index in [1.54, 1.807) is 13.2 Å². The van der Waals surface area contributed by atoms with E-state index in [9.17, 15) is 9.59 Å². The van der Waals surface area contributed by atoms with Crippen LogP contribution in [0.25, 0.3) is 10.8 Å². The van der Waals surface area contributed by atoms with Gasteiger partial charge in [0.2, 0.25) is 11.8 Å². The summed E-state index contributed by atoms with van der Waals surface area (Å²) in [6, 6.07) is 20.8. The van der Waals surface area contributed by atoms with Gasteiger partial charge in [-0.25, -0.2) is 0 Å². The number of nitrogens with zero attached hydrogens (tertiary/aromatic N) is 3. The van der Waals surface area contributed by atoms with Crippen LogP contribution in [-0.2, 0) is 22.6 Å². The van der Waals surface area contributed by atoms with Gasteiger partial charge in [0.15, 0.2) is 11.0 Å². The number of nitrogens with one attached hydrogen (secondary N) is 2. The molecule has 37 heavy (non-hydrogen) atoms. The molecule has 8 nitrogen and oxygen atoms in total. The monoisotopic (exact) mass is 515 g/mol. The number of carbonyl (C=O) groups excluding carboxylic acids is 2. The molecule has 2 N–H and O–H groups in total. The first-order chi connectivity index (χ1) is 18.0. The van der Waals surface area contributed by atoms with E-state index in [1.807, 2.05) is 78.2 Å². The van der Waals surface area contributed by atoms with Crippen LogP contribution in [0, 0.1) is 0 Å². The molecule has 4 rings (SSSR count). The Hall–Kier alpha value is -4.11. The molecule has 0 fully saturated rings. The van der Waals surface area contributed by atoms with Gasteiger partial charge in [0.25, 0.3) is 0 Å². The van der Waals surface area contributed by atoms with Crippen LogP contribution in [0.2, 0.25) is 0 Å². The number of thioether (sulfide) groups is 1. The van der Waals surface area contributed by atoms with Crippen molar-refractivity contribution in [3.05, 3.63) is 90.8 Å². The van der Waals surface area contributed by atoms with Crippen LogP contribution in [0.3, 0.4) is 0 Å². The van der Waals surface area contributed by atoms with Crippen molar-refractivity contribution in [2.75, 3.05) is 18.2 Å². The maximum atomic E-state index is 12.6. The highest BCUT2D eigenvalue weighted by atomic mass is 32.2. The zero-order chi connectivity index (χ0) is 26.2. The first-order valence-corrected chi connectivity index (χ1v) is 12.8. The molecule has 0 saturated carbocycles. The molecule has 0 radical (unpaired) electrons. The summed E-state index contributed by atoms with van der Waals surface area (Å²) >= 11 is 1.29. The van der Waals surface area contributed by atoms with Crippen LogP contribution in [0.4, 0.5) is 5.69 Å². The number of carbonyl (C=O) groups is 2. The van der Waals surface area contributed by atoms with Crippen molar-refractivity contribution in [1.82, 2.24) is 20.1 Å². The summed E-state index contributed by atoms with van der Waals surface area (Å²) in [6.45, 7) is 6.13. The Morgan fingerprint density at radius 1 is 1.05 bits per heavy atom. The van der Waals surface area contributed by atoms with Crippen LogP contribution < -0.4 is 15.4 Å². The number of anilines is 1. The van der Waals surface area contributed by atoms with Crippen molar-refractivity contribution >= 4 is 40.0 Å². The number of fused-ring (bicyclic) bond motifs is 1. The van der Waals surface area contributed by atoms with Crippen LogP contribution in [0.5, 0.6) is 5.75 Å². The van der Waals surface area contributed by atoms with E-state index in [1.165, 1.54) is 11.8 Å². The molecule has 0 bridgehead atoms. The first-order valence-electron chi connectivity index (χ1n) is 11.8. The van der Waals surface area contributed by atoms with Crippen LogP contribution in [0.1, 0.15) is 24.4 Å².